The number of carbonyl (C=O) groups is 1. The molecule has 0 aliphatic rings. The molecule has 3 rings (SSSR count). The third-order valence-corrected chi connectivity index (χ3v) is 6.85. The van der Waals surface area contributed by atoms with E-state index in [1.54, 1.807) is 55.6 Å². The van der Waals surface area contributed by atoms with Gasteiger partial charge < -0.3 is 0 Å². The van der Waals surface area contributed by atoms with Crippen LogP contribution in [-0.2, 0) is 16.6 Å². The van der Waals surface area contributed by atoms with Gasteiger partial charge in [0.15, 0.2) is 0 Å². The van der Waals surface area contributed by atoms with E-state index in [2.05, 4.69) is 10.9 Å². The van der Waals surface area contributed by atoms with Crippen LogP contribution >= 0.6 is 0 Å². The summed E-state index contributed by atoms with van der Waals surface area (Å²) in [7, 11) is -2.05. The second kappa shape index (κ2) is 10.3. The summed E-state index contributed by atoms with van der Waals surface area (Å²) in [5.74, 6) is -0.285. The van der Waals surface area contributed by atoms with Crippen molar-refractivity contribution in [3.8, 4) is 0 Å². The molecule has 0 bridgehead atoms. The molecule has 3 aromatic carbocycles. The van der Waals surface area contributed by atoms with Gasteiger partial charge in [-0.15, -0.1) is 0 Å². The van der Waals surface area contributed by atoms with Crippen molar-refractivity contribution in [2.45, 2.75) is 25.3 Å². The van der Waals surface area contributed by atoms with E-state index < -0.39 is 10.0 Å². The van der Waals surface area contributed by atoms with Gasteiger partial charge in [0.2, 0.25) is 10.0 Å². The van der Waals surface area contributed by atoms with Crippen molar-refractivity contribution in [3.63, 3.8) is 0 Å². The lowest BCUT2D eigenvalue weighted by molar-refractivity contribution is 0.0942. The van der Waals surface area contributed by atoms with Gasteiger partial charge in [-0.1, -0.05) is 66.2 Å². The van der Waals surface area contributed by atoms with Crippen LogP contribution in [0.3, 0.4) is 0 Å². The van der Waals surface area contributed by atoms with Crippen molar-refractivity contribution in [3.05, 3.63) is 107 Å². The molecule has 0 spiro atoms. The third-order valence-electron chi connectivity index (χ3n) is 5.03. The fourth-order valence-corrected chi connectivity index (χ4v) is 4.28. The smallest absolute Gasteiger partial charge is 0.269 e. The molecule has 2 N–H and O–H groups in total. The van der Waals surface area contributed by atoms with Gasteiger partial charge in [0.05, 0.1) is 10.6 Å². The Hall–Kier alpha value is -3.42. The SMILES string of the molecule is C/C=C(/NNC(=O)c1ccc(CN(C)S(=O)(=O)c2ccc(C)cc2)cc1)c1ccccc1. The minimum absolute atomic E-state index is 0.201. The lowest BCUT2D eigenvalue weighted by Crippen LogP contribution is -2.36. The van der Waals surface area contributed by atoms with E-state index in [0.717, 1.165) is 22.4 Å². The number of carbonyl (C=O) groups excluding carboxylic acids is 1. The summed E-state index contributed by atoms with van der Waals surface area (Å²) in [5, 5.41) is 0. The highest BCUT2D eigenvalue weighted by Crippen LogP contribution is 2.18. The van der Waals surface area contributed by atoms with Gasteiger partial charge in [-0.05, 0) is 49.2 Å². The van der Waals surface area contributed by atoms with Crippen LogP contribution < -0.4 is 10.9 Å². The molecule has 0 aliphatic carbocycles. The van der Waals surface area contributed by atoms with Crippen molar-refractivity contribution in [1.29, 1.82) is 0 Å². The Balaban J connectivity index is 1.61. The summed E-state index contributed by atoms with van der Waals surface area (Å²) in [4.78, 5) is 12.7. The predicted octanol–water partition coefficient (Wildman–Crippen LogP) is 4.11. The van der Waals surface area contributed by atoms with Gasteiger partial charge >= 0.3 is 0 Å². The van der Waals surface area contributed by atoms with E-state index in [1.807, 2.05) is 50.3 Å². The molecule has 166 valence electrons. The maximum atomic E-state index is 12.8. The molecular formula is C25H27N3O3S. The number of nitrogens with zero attached hydrogens (tertiary/aromatic N) is 1. The zero-order valence-corrected chi connectivity index (χ0v) is 19.2. The van der Waals surface area contributed by atoms with Crippen molar-refractivity contribution >= 4 is 21.6 Å². The van der Waals surface area contributed by atoms with Gasteiger partial charge in [0.25, 0.3) is 5.91 Å². The first-order chi connectivity index (χ1) is 15.3. The van der Waals surface area contributed by atoms with E-state index in [9.17, 15) is 13.2 Å². The Kier molecular flexibility index (Phi) is 7.45. The normalized spacial score (nSPS) is 11.9. The van der Waals surface area contributed by atoms with Gasteiger partial charge in [-0.3, -0.25) is 15.6 Å². The number of hydrazine groups is 1. The summed E-state index contributed by atoms with van der Waals surface area (Å²) in [5.41, 5.74) is 9.64. The molecule has 1 amide bonds. The Morgan fingerprint density at radius 1 is 0.875 bits per heavy atom. The number of rotatable bonds is 8. The van der Waals surface area contributed by atoms with E-state index in [1.165, 1.54) is 4.31 Å². The van der Waals surface area contributed by atoms with Crippen molar-refractivity contribution in [2.24, 2.45) is 0 Å². The molecule has 0 radical (unpaired) electrons. The van der Waals surface area contributed by atoms with Crippen LogP contribution in [0.15, 0.2) is 89.8 Å². The molecular weight excluding hydrogens is 422 g/mol. The number of sulfonamides is 1. The van der Waals surface area contributed by atoms with Crippen LogP contribution in [0.5, 0.6) is 0 Å². The topological polar surface area (TPSA) is 78.5 Å². The highest BCUT2D eigenvalue weighted by atomic mass is 32.2. The molecule has 0 aliphatic heterocycles. The summed E-state index contributed by atoms with van der Waals surface area (Å²) in [6, 6.07) is 23.3. The number of hydrogen-bond donors (Lipinski definition) is 2. The largest absolute Gasteiger partial charge is 0.298 e. The summed E-state index contributed by atoms with van der Waals surface area (Å²) in [6.45, 7) is 4.00. The van der Waals surface area contributed by atoms with Crippen LogP contribution in [0.2, 0.25) is 0 Å². The van der Waals surface area contributed by atoms with Crippen LogP contribution in [0.25, 0.3) is 5.70 Å². The molecule has 0 fully saturated rings. The van der Waals surface area contributed by atoms with Crippen molar-refractivity contribution in [2.75, 3.05) is 7.05 Å². The Morgan fingerprint density at radius 2 is 1.50 bits per heavy atom. The van der Waals surface area contributed by atoms with E-state index in [-0.39, 0.29) is 17.3 Å². The molecule has 0 unspecified atom stereocenters. The Morgan fingerprint density at radius 3 is 2.09 bits per heavy atom. The van der Waals surface area contributed by atoms with Crippen LogP contribution in [0.1, 0.15) is 34.0 Å². The molecule has 6 nitrogen and oxygen atoms in total. The highest BCUT2D eigenvalue weighted by molar-refractivity contribution is 7.89. The summed E-state index contributed by atoms with van der Waals surface area (Å²) in [6.07, 6.45) is 1.88. The molecule has 7 heteroatoms. The fourth-order valence-electron chi connectivity index (χ4n) is 3.12. The number of hydrogen-bond acceptors (Lipinski definition) is 4. The quantitative estimate of drug-likeness (QED) is 0.507. The Bertz CT molecular complexity index is 1190. The average Bonchev–Trinajstić information content (AvgIpc) is 2.80. The first-order valence-electron chi connectivity index (χ1n) is 10.2. The van der Waals surface area contributed by atoms with E-state index >= 15 is 0 Å². The van der Waals surface area contributed by atoms with Crippen LogP contribution in [0, 0.1) is 6.92 Å². The number of aryl methyl sites for hydroxylation is 1. The lowest BCUT2D eigenvalue weighted by Gasteiger charge is -2.18. The first kappa shape index (κ1) is 23.2. The number of benzene rings is 3. The van der Waals surface area contributed by atoms with E-state index in [0.29, 0.717) is 5.56 Å². The van der Waals surface area contributed by atoms with E-state index in [4.69, 9.17) is 0 Å². The maximum Gasteiger partial charge on any atom is 0.269 e. The fraction of sp³-hybridized carbons (Fsp3) is 0.160. The van der Waals surface area contributed by atoms with Crippen molar-refractivity contribution in [1.82, 2.24) is 15.2 Å². The first-order valence-corrected chi connectivity index (χ1v) is 11.7. The molecule has 0 atom stereocenters. The Labute approximate surface area is 189 Å². The number of nitrogens with one attached hydrogen (secondary N) is 2. The maximum absolute atomic E-state index is 12.8. The van der Waals surface area contributed by atoms with Crippen LogP contribution in [-0.4, -0.2) is 25.7 Å². The van der Waals surface area contributed by atoms with Crippen LogP contribution in [0.4, 0.5) is 0 Å². The summed E-state index contributed by atoms with van der Waals surface area (Å²) >= 11 is 0. The molecule has 0 saturated heterocycles. The van der Waals surface area contributed by atoms with Gasteiger partial charge in [0, 0.05) is 19.2 Å². The predicted molar refractivity (Wildman–Crippen MR) is 127 cm³/mol. The monoisotopic (exact) mass is 449 g/mol. The van der Waals surface area contributed by atoms with Gasteiger partial charge in [-0.2, -0.15) is 4.31 Å². The molecule has 0 aromatic heterocycles. The zero-order chi connectivity index (χ0) is 23.1. The summed E-state index contributed by atoms with van der Waals surface area (Å²) < 4.78 is 26.8. The van der Waals surface area contributed by atoms with Gasteiger partial charge in [-0.25, -0.2) is 8.42 Å². The average molecular weight is 450 g/mol. The highest BCUT2D eigenvalue weighted by Gasteiger charge is 2.20. The number of allylic oxidation sites excluding steroid dienone is 1. The zero-order valence-electron chi connectivity index (χ0n) is 18.4. The molecule has 32 heavy (non-hydrogen) atoms. The molecule has 0 saturated carbocycles. The second-order valence-electron chi connectivity index (χ2n) is 7.42. The van der Waals surface area contributed by atoms with Gasteiger partial charge in [0.1, 0.15) is 0 Å². The minimum atomic E-state index is -3.59. The standard InChI is InChI=1S/C25H27N3O3S/c1-4-24(21-8-6-5-7-9-21)26-27-25(29)22-14-12-20(13-15-22)18-28(3)32(30,31)23-16-10-19(2)11-17-23/h4-17,26H,18H2,1-3H3,(H,27,29)/b24-4+. The van der Waals surface area contributed by atoms with Crippen molar-refractivity contribution < 1.29 is 13.2 Å². The second-order valence-corrected chi connectivity index (χ2v) is 9.46. The number of amides is 1. The lowest BCUT2D eigenvalue weighted by atomic mass is 10.1. The molecule has 3 aromatic rings. The third kappa shape index (κ3) is 5.63. The molecule has 0 heterocycles. The minimum Gasteiger partial charge on any atom is -0.298 e.